The zero-order valence-corrected chi connectivity index (χ0v) is 14.0. The third kappa shape index (κ3) is 2.58. The normalized spacial score (nSPS) is 21.7. The number of urea groups is 1. The van der Waals surface area contributed by atoms with Gasteiger partial charge >= 0.3 is 12.0 Å². The summed E-state index contributed by atoms with van der Waals surface area (Å²) in [7, 11) is 1.43. The van der Waals surface area contributed by atoms with Crippen molar-refractivity contribution in [2.75, 3.05) is 25.5 Å². The lowest BCUT2D eigenvalue weighted by Gasteiger charge is -2.32. The molecule has 1 saturated heterocycles. The first-order chi connectivity index (χ1) is 11.6. The number of esters is 1. The van der Waals surface area contributed by atoms with Gasteiger partial charge in [0.15, 0.2) is 15.6 Å². The van der Waals surface area contributed by atoms with E-state index in [1.54, 1.807) is 17.3 Å². The molecule has 9 heteroatoms. The number of amides is 2. The van der Waals surface area contributed by atoms with Crippen LogP contribution in [0.25, 0.3) is 10.5 Å². The van der Waals surface area contributed by atoms with E-state index in [4.69, 9.17) is 4.74 Å². The number of aromatic nitrogens is 3. The van der Waals surface area contributed by atoms with Crippen molar-refractivity contribution in [3.63, 3.8) is 0 Å². The van der Waals surface area contributed by atoms with Crippen LogP contribution in [0.3, 0.4) is 0 Å². The maximum atomic E-state index is 12.4. The molecule has 0 radical (unpaired) electrons. The van der Waals surface area contributed by atoms with Gasteiger partial charge in [-0.05, 0) is 24.7 Å². The largest absolute Gasteiger partial charge is 0.469 e. The molecule has 1 N–H and O–H groups in total. The number of nitrogens with zero attached hydrogens (tertiary/aromatic N) is 4. The fourth-order valence-corrected chi connectivity index (χ4v) is 4.19. The number of rotatable bonds is 2. The molecular weight excluding hydrogens is 330 g/mol. The summed E-state index contributed by atoms with van der Waals surface area (Å²) >= 11 is 1.30. The molecule has 0 aromatic carbocycles. The number of piperidine rings is 1. The lowest BCUT2D eigenvalue weighted by Crippen LogP contribution is -2.42. The molecule has 2 amide bonds. The number of carbonyl (C=O) groups is 2. The number of nitrogens with one attached hydrogen (secondary N) is 1. The first-order valence-corrected chi connectivity index (χ1v) is 8.64. The second-order valence-corrected chi connectivity index (χ2v) is 7.24. The van der Waals surface area contributed by atoms with E-state index in [0.717, 1.165) is 19.3 Å². The van der Waals surface area contributed by atoms with Gasteiger partial charge < -0.3 is 9.64 Å². The summed E-state index contributed by atoms with van der Waals surface area (Å²) in [6, 6.07) is -0.167. The van der Waals surface area contributed by atoms with Gasteiger partial charge in [0, 0.05) is 25.5 Å². The molecule has 2 aromatic rings. The molecule has 1 atom stereocenters. The summed E-state index contributed by atoms with van der Waals surface area (Å²) in [6.45, 7) is 1.28. The van der Waals surface area contributed by atoms with Crippen LogP contribution in [0, 0.1) is 11.3 Å². The van der Waals surface area contributed by atoms with E-state index >= 15 is 0 Å². The van der Waals surface area contributed by atoms with Gasteiger partial charge in [-0.25, -0.2) is 14.8 Å². The SMILES string of the molecule is COC(=O)C1CC12CCN(C(=O)Nc1nc3nccnc3s1)CC2. The number of ether oxygens (including phenoxy) is 1. The third-order valence-corrected chi connectivity index (χ3v) is 5.85. The Morgan fingerprint density at radius 1 is 1.33 bits per heavy atom. The van der Waals surface area contributed by atoms with Crippen molar-refractivity contribution >= 4 is 38.9 Å². The lowest BCUT2D eigenvalue weighted by molar-refractivity contribution is -0.143. The van der Waals surface area contributed by atoms with Crippen molar-refractivity contribution in [2.45, 2.75) is 19.3 Å². The number of anilines is 1. The van der Waals surface area contributed by atoms with Crippen LogP contribution in [0.5, 0.6) is 0 Å². The molecule has 2 fully saturated rings. The predicted octanol–water partition coefficient (Wildman–Crippen LogP) is 1.89. The van der Waals surface area contributed by atoms with Crippen LogP contribution in [0.15, 0.2) is 12.4 Å². The number of fused-ring (bicyclic) bond motifs is 1. The molecular formula is C15H17N5O3S. The summed E-state index contributed by atoms with van der Waals surface area (Å²) in [5, 5.41) is 3.32. The van der Waals surface area contributed by atoms with Crippen molar-refractivity contribution in [3.8, 4) is 0 Å². The zero-order valence-electron chi connectivity index (χ0n) is 13.2. The Balaban J connectivity index is 1.36. The van der Waals surface area contributed by atoms with Crippen LogP contribution in [0.1, 0.15) is 19.3 Å². The molecule has 0 bridgehead atoms. The zero-order chi connectivity index (χ0) is 16.7. The highest BCUT2D eigenvalue weighted by molar-refractivity contribution is 7.21. The van der Waals surface area contributed by atoms with Crippen molar-refractivity contribution in [2.24, 2.45) is 11.3 Å². The monoisotopic (exact) mass is 347 g/mol. The van der Waals surface area contributed by atoms with Gasteiger partial charge in [-0.15, -0.1) is 0 Å². The van der Waals surface area contributed by atoms with Gasteiger partial charge in [0.25, 0.3) is 0 Å². The Kier molecular flexibility index (Phi) is 3.60. The third-order valence-electron chi connectivity index (χ3n) is 4.98. The molecule has 4 rings (SSSR count). The topological polar surface area (TPSA) is 97.3 Å². The highest BCUT2D eigenvalue weighted by atomic mass is 32.1. The Labute approximate surface area is 142 Å². The molecule has 8 nitrogen and oxygen atoms in total. The van der Waals surface area contributed by atoms with Crippen LogP contribution in [-0.4, -0.2) is 52.1 Å². The molecule has 2 aromatic heterocycles. The molecule has 1 saturated carbocycles. The summed E-state index contributed by atoms with van der Waals surface area (Å²) in [5.74, 6) is -0.114. The molecule has 1 aliphatic carbocycles. The quantitative estimate of drug-likeness (QED) is 0.833. The van der Waals surface area contributed by atoms with Crippen molar-refractivity contribution < 1.29 is 14.3 Å². The van der Waals surface area contributed by atoms with E-state index in [1.807, 2.05) is 0 Å². The highest BCUT2D eigenvalue weighted by Gasteiger charge is 2.59. The predicted molar refractivity (Wildman–Crippen MR) is 87.6 cm³/mol. The lowest BCUT2D eigenvalue weighted by atomic mass is 9.91. The Morgan fingerprint density at radius 3 is 2.79 bits per heavy atom. The number of hydrogen-bond donors (Lipinski definition) is 1. The average Bonchev–Trinajstić information content (AvgIpc) is 3.13. The number of methoxy groups -OCH3 is 1. The van der Waals surface area contributed by atoms with Crippen LogP contribution < -0.4 is 5.32 Å². The number of carbonyl (C=O) groups excluding carboxylic acids is 2. The molecule has 1 aliphatic heterocycles. The van der Waals surface area contributed by atoms with Gasteiger partial charge in [-0.2, -0.15) is 4.98 Å². The van der Waals surface area contributed by atoms with E-state index in [-0.39, 0.29) is 23.3 Å². The molecule has 2 aliphatic rings. The van der Waals surface area contributed by atoms with Crippen molar-refractivity contribution in [1.82, 2.24) is 19.9 Å². The minimum Gasteiger partial charge on any atom is -0.469 e. The molecule has 126 valence electrons. The standard InChI is InChI=1S/C15H17N5O3S/c1-23-12(21)9-8-15(9)2-6-20(7-3-15)14(22)19-13-18-10-11(24-13)17-5-4-16-10/h4-5,9H,2-3,6-8H2,1H3,(H,16,18,19,22). The van der Waals surface area contributed by atoms with Crippen molar-refractivity contribution in [1.29, 1.82) is 0 Å². The fraction of sp³-hybridized carbons (Fsp3) is 0.533. The number of hydrogen-bond acceptors (Lipinski definition) is 7. The Morgan fingerprint density at radius 2 is 2.08 bits per heavy atom. The minimum atomic E-state index is -0.167. The average molecular weight is 347 g/mol. The Bertz CT molecular complexity index is 766. The van der Waals surface area contributed by atoms with Crippen LogP contribution in [0.2, 0.25) is 0 Å². The van der Waals surface area contributed by atoms with E-state index in [9.17, 15) is 9.59 Å². The van der Waals surface area contributed by atoms with E-state index in [2.05, 4.69) is 20.3 Å². The van der Waals surface area contributed by atoms with Gasteiger partial charge in [0.1, 0.15) is 0 Å². The first kappa shape index (κ1) is 15.3. The number of likely N-dealkylation sites (tertiary alicyclic amines) is 1. The number of thiazole rings is 1. The van der Waals surface area contributed by atoms with Crippen LogP contribution in [0.4, 0.5) is 9.93 Å². The smallest absolute Gasteiger partial charge is 0.323 e. The minimum absolute atomic E-state index is 0.00845. The maximum Gasteiger partial charge on any atom is 0.323 e. The highest BCUT2D eigenvalue weighted by Crippen LogP contribution is 2.59. The van der Waals surface area contributed by atoms with E-state index < -0.39 is 0 Å². The maximum absolute atomic E-state index is 12.4. The second kappa shape index (κ2) is 5.66. The molecule has 24 heavy (non-hydrogen) atoms. The molecule has 1 unspecified atom stereocenters. The van der Waals surface area contributed by atoms with E-state index in [0.29, 0.717) is 28.7 Å². The van der Waals surface area contributed by atoms with Crippen LogP contribution >= 0.6 is 11.3 Å². The molecule has 3 heterocycles. The summed E-state index contributed by atoms with van der Waals surface area (Å²) in [6.07, 6.45) is 5.73. The second-order valence-electron chi connectivity index (χ2n) is 6.26. The summed E-state index contributed by atoms with van der Waals surface area (Å²) in [5.41, 5.74) is 0.586. The van der Waals surface area contributed by atoms with Crippen molar-refractivity contribution in [3.05, 3.63) is 12.4 Å². The van der Waals surface area contributed by atoms with Gasteiger partial charge in [0.2, 0.25) is 0 Å². The van der Waals surface area contributed by atoms with Gasteiger partial charge in [0.05, 0.1) is 13.0 Å². The molecule has 1 spiro atoms. The first-order valence-electron chi connectivity index (χ1n) is 7.83. The summed E-state index contributed by atoms with van der Waals surface area (Å²) < 4.78 is 4.83. The van der Waals surface area contributed by atoms with Gasteiger partial charge in [-0.3, -0.25) is 10.1 Å². The summed E-state index contributed by atoms with van der Waals surface area (Å²) in [4.78, 5) is 39.1. The Hall–Kier alpha value is -2.29. The van der Waals surface area contributed by atoms with E-state index in [1.165, 1.54) is 18.4 Å². The fourth-order valence-electron chi connectivity index (χ4n) is 3.43. The van der Waals surface area contributed by atoms with Gasteiger partial charge in [-0.1, -0.05) is 11.3 Å². The van der Waals surface area contributed by atoms with Crippen LogP contribution in [-0.2, 0) is 9.53 Å².